The molecule has 2 aliphatic heterocycles. The molecule has 3 heterocycles. The summed E-state index contributed by atoms with van der Waals surface area (Å²) in [5.41, 5.74) is 6.06. The van der Waals surface area contributed by atoms with E-state index in [9.17, 15) is 10.7 Å². The molecule has 0 amide bonds. The Hall–Kier alpha value is -2.60. The predicted molar refractivity (Wildman–Crippen MR) is 174 cm³/mol. The zero-order valence-electron chi connectivity index (χ0n) is 25.9. The third-order valence-electron chi connectivity index (χ3n) is 9.36. The molecular formula is C33H49N7S. The molecule has 2 saturated heterocycles. The van der Waals surface area contributed by atoms with Gasteiger partial charge in [-0.15, -0.1) is 11.3 Å². The monoisotopic (exact) mass is 575 g/mol. The quantitative estimate of drug-likeness (QED) is 0.281. The Kier molecular flexibility index (Phi) is 11.1. The number of likely N-dealkylation sites (tertiary alicyclic amines) is 2. The molecule has 0 aromatic carbocycles. The Morgan fingerprint density at radius 3 is 2.68 bits per heavy atom. The molecule has 1 unspecified atom stereocenters. The third-order valence-corrected chi connectivity index (χ3v) is 10.4. The first-order chi connectivity index (χ1) is 19.8. The van der Waals surface area contributed by atoms with Gasteiger partial charge in [0.1, 0.15) is 11.9 Å². The summed E-state index contributed by atoms with van der Waals surface area (Å²) < 4.78 is 0. The van der Waals surface area contributed by atoms with E-state index in [0.717, 1.165) is 80.7 Å². The molecule has 41 heavy (non-hydrogen) atoms. The number of allylic oxidation sites excluding steroid dienone is 2. The molecule has 1 aromatic heterocycles. The van der Waals surface area contributed by atoms with Crippen LogP contribution in [0.4, 0.5) is 0 Å². The van der Waals surface area contributed by atoms with Crippen molar-refractivity contribution >= 4 is 29.5 Å². The maximum atomic E-state index is 9.77. The van der Waals surface area contributed by atoms with Crippen LogP contribution in [0.2, 0.25) is 0 Å². The summed E-state index contributed by atoms with van der Waals surface area (Å²) in [6, 6.07) is 3.56. The molecule has 1 aliphatic carbocycles. The molecule has 2 atom stereocenters. The van der Waals surface area contributed by atoms with Crippen LogP contribution in [0.3, 0.4) is 0 Å². The summed E-state index contributed by atoms with van der Waals surface area (Å²) in [4.78, 5) is 17.8. The van der Waals surface area contributed by atoms with Crippen LogP contribution in [-0.4, -0.2) is 92.2 Å². The van der Waals surface area contributed by atoms with Crippen molar-refractivity contribution in [3.05, 3.63) is 44.4 Å². The van der Waals surface area contributed by atoms with Gasteiger partial charge in [0, 0.05) is 53.1 Å². The number of hydrogen-bond donors (Lipinski definition) is 1. The Morgan fingerprint density at radius 2 is 2.05 bits per heavy atom. The van der Waals surface area contributed by atoms with Crippen molar-refractivity contribution in [3.63, 3.8) is 0 Å². The first-order valence-corrected chi connectivity index (χ1v) is 16.3. The van der Waals surface area contributed by atoms with Crippen molar-refractivity contribution in [1.82, 2.24) is 14.7 Å². The predicted octanol–water partition coefficient (Wildman–Crippen LogP) is 6.28. The van der Waals surface area contributed by atoms with Gasteiger partial charge in [0.15, 0.2) is 0 Å². The van der Waals surface area contributed by atoms with E-state index in [0.29, 0.717) is 24.3 Å². The maximum Gasteiger partial charge on any atom is 0.129 e. The van der Waals surface area contributed by atoms with Gasteiger partial charge in [0.05, 0.1) is 17.8 Å². The normalized spacial score (nSPS) is 22.8. The van der Waals surface area contributed by atoms with E-state index in [1.165, 1.54) is 35.4 Å². The Labute approximate surface area is 251 Å². The maximum absolute atomic E-state index is 9.77. The summed E-state index contributed by atoms with van der Waals surface area (Å²) in [7, 11) is 6.48. The van der Waals surface area contributed by atoms with E-state index >= 15 is 0 Å². The summed E-state index contributed by atoms with van der Waals surface area (Å²) in [6.07, 6.45) is 11.7. The van der Waals surface area contributed by atoms with Crippen molar-refractivity contribution in [3.8, 4) is 6.07 Å². The Balaban J connectivity index is 1.57. The van der Waals surface area contributed by atoms with E-state index in [-0.39, 0.29) is 5.92 Å². The highest BCUT2D eigenvalue weighted by Crippen LogP contribution is 2.43. The first-order valence-electron chi connectivity index (χ1n) is 15.4. The first kappa shape index (κ1) is 31.3. The number of nitriles is 1. The fraction of sp³-hybridized carbons (Fsp3) is 0.636. The van der Waals surface area contributed by atoms with Crippen LogP contribution in [0.15, 0.2) is 38.4 Å². The number of likely N-dealkylation sites (N-methyl/N-ethyl adjacent to an activating group) is 1. The zero-order chi connectivity index (χ0) is 29.5. The minimum atomic E-state index is 0.232. The smallest absolute Gasteiger partial charge is 0.129 e. The fourth-order valence-electron chi connectivity index (χ4n) is 6.65. The van der Waals surface area contributed by atoms with Gasteiger partial charge in [-0.1, -0.05) is 18.9 Å². The van der Waals surface area contributed by atoms with Gasteiger partial charge in [-0.25, -0.2) is 4.99 Å². The fourth-order valence-corrected chi connectivity index (χ4v) is 7.73. The second-order valence-electron chi connectivity index (χ2n) is 12.2. The number of nitrogens with zero attached hydrogens (tertiary/aromatic N) is 6. The van der Waals surface area contributed by atoms with E-state index in [2.05, 4.69) is 73.5 Å². The zero-order valence-corrected chi connectivity index (χ0v) is 26.7. The van der Waals surface area contributed by atoms with Crippen molar-refractivity contribution in [1.29, 1.82) is 10.7 Å². The molecule has 4 rings (SSSR count). The Bertz CT molecular complexity index is 1220. The number of aryl methyl sites for hydroxylation is 1. The van der Waals surface area contributed by atoms with E-state index in [1.54, 1.807) is 11.3 Å². The lowest BCUT2D eigenvalue weighted by Gasteiger charge is -2.44. The molecule has 3 aliphatic rings. The van der Waals surface area contributed by atoms with Crippen molar-refractivity contribution in [2.45, 2.75) is 89.6 Å². The number of fused-ring (bicyclic) bond motifs is 1. The van der Waals surface area contributed by atoms with Gasteiger partial charge in [-0.3, -0.25) is 4.99 Å². The largest absolute Gasteiger partial charge is 0.353 e. The van der Waals surface area contributed by atoms with Crippen LogP contribution in [0.25, 0.3) is 0 Å². The number of aliphatic imine (C=N–C) groups is 2. The van der Waals surface area contributed by atoms with Crippen molar-refractivity contribution < 1.29 is 0 Å². The average Bonchev–Trinajstić information content (AvgIpc) is 3.56. The summed E-state index contributed by atoms with van der Waals surface area (Å²) in [5, 5.41) is 21.0. The van der Waals surface area contributed by atoms with Gasteiger partial charge >= 0.3 is 0 Å². The van der Waals surface area contributed by atoms with E-state index in [4.69, 9.17) is 4.99 Å². The van der Waals surface area contributed by atoms with Crippen LogP contribution in [-0.2, 0) is 6.42 Å². The van der Waals surface area contributed by atoms with Crippen molar-refractivity contribution in [2.75, 3.05) is 47.3 Å². The number of rotatable bonds is 13. The lowest BCUT2D eigenvalue weighted by Crippen LogP contribution is -2.56. The van der Waals surface area contributed by atoms with Crippen LogP contribution >= 0.6 is 11.3 Å². The minimum absolute atomic E-state index is 0.232. The number of nitrogens with one attached hydrogen (secondary N) is 1. The molecular weight excluding hydrogens is 526 g/mol. The topological polar surface area (TPSA) is 82.1 Å². The highest BCUT2D eigenvalue weighted by Gasteiger charge is 2.30. The van der Waals surface area contributed by atoms with Crippen LogP contribution < -0.4 is 0 Å². The molecule has 222 valence electrons. The SMILES string of the molecule is C=N/C(=C\C(CCC1CCCN1C)=NCC(=N)/C(CCC)=C(\C)[C@H]1CCCc2scc(C#N)c21)N1CC(N(C)C)C1. The van der Waals surface area contributed by atoms with Gasteiger partial charge < -0.3 is 20.1 Å². The molecule has 8 heteroatoms. The van der Waals surface area contributed by atoms with Crippen LogP contribution in [0.1, 0.15) is 87.1 Å². The second-order valence-corrected chi connectivity index (χ2v) is 13.2. The number of hydrogen-bond acceptors (Lipinski definition) is 8. The summed E-state index contributed by atoms with van der Waals surface area (Å²) in [6.45, 7) is 11.7. The minimum Gasteiger partial charge on any atom is -0.353 e. The lowest BCUT2D eigenvalue weighted by molar-refractivity contribution is 0.0934. The van der Waals surface area contributed by atoms with Gasteiger partial charge in [-0.2, -0.15) is 5.26 Å². The highest BCUT2D eigenvalue weighted by atomic mass is 32.1. The molecule has 0 bridgehead atoms. The molecule has 1 aromatic rings. The Morgan fingerprint density at radius 1 is 1.27 bits per heavy atom. The van der Waals surface area contributed by atoms with Gasteiger partial charge in [0.2, 0.25) is 0 Å². The third kappa shape index (κ3) is 7.43. The summed E-state index contributed by atoms with van der Waals surface area (Å²) in [5.74, 6) is 1.13. The van der Waals surface area contributed by atoms with Gasteiger partial charge in [0.25, 0.3) is 0 Å². The second kappa shape index (κ2) is 14.5. The number of thiophene rings is 1. The standard InChI is InChI=1S/C33H49N7S/c1-7-10-28(23(2)29-12-8-13-31-33(29)24(18-34)22-41-31)30(35)19-37-25(14-15-26-11-9-16-39(26)6)17-32(36-3)40-20-27(21-40)38(4)5/h17,22,26-27,29,35H,3,7-16,19-21H2,1-2,4-6H3/b28-23+,32-17+,35-30?,37-25?/t26?,29-/m1/s1. The van der Waals surface area contributed by atoms with Crippen LogP contribution in [0, 0.1) is 16.7 Å². The summed E-state index contributed by atoms with van der Waals surface area (Å²) >= 11 is 1.73. The average molecular weight is 576 g/mol. The lowest BCUT2D eigenvalue weighted by atomic mass is 9.78. The molecule has 0 spiro atoms. The van der Waals surface area contributed by atoms with E-state index < -0.39 is 0 Å². The van der Waals surface area contributed by atoms with Gasteiger partial charge in [-0.05, 0) is 104 Å². The molecule has 0 radical (unpaired) electrons. The molecule has 2 fully saturated rings. The highest BCUT2D eigenvalue weighted by molar-refractivity contribution is 7.10. The molecule has 7 nitrogen and oxygen atoms in total. The molecule has 0 saturated carbocycles. The van der Waals surface area contributed by atoms with Crippen LogP contribution in [0.5, 0.6) is 0 Å². The van der Waals surface area contributed by atoms with Crippen molar-refractivity contribution in [2.24, 2.45) is 9.98 Å². The molecule has 1 N–H and O–H groups in total. The van der Waals surface area contributed by atoms with E-state index in [1.807, 2.05) is 5.38 Å².